The maximum atomic E-state index is 13.8. The number of anilines is 1. The number of halogens is 3. The van der Waals surface area contributed by atoms with E-state index >= 15 is 0 Å². The van der Waals surface area contributed by atoms with Gasteiger partial charge in [-0.15, -0.1) is 10.2 Å². The van der Waals surface area contributed by atoms with Gasteiger partial charge in [-0.25, -0.2) is 13.2 Å². The summed E-state index contributed by atoms with van der Waals surface area (Å²) >= 11 is 1.13. The predicted octanol–water partition coefficient (Wildman–Crippen LogP) is 4.73. The molecule has 0 fully saturated rings. The second kappa shape index (κ2) is 7.40. The Hall–Kier alpha value is -3.07. The average Bonchev–Trinajstić information content (AvgIpc) is 3.11. The van der Waals surface area contributed by atoms with Crippen LogP contribution in [-0.4, -0.2) is 25.8 Å². The number of benzene rings is 2. The van der Waals surface area contributed by atoms with Crippen LogP contribution in [0.15, 0.2) is 47.6 Å². The van der Waals surface area contributed by atoms with E-state index in [1.54, 1.807) is 6.92 Å². The number of amides is 1. The van der Waals surface area contributed by atoms with Gasteiger partial charge in [0.25, 0.3) is 0 Å². The minimum atomic E-state index is -1.63. The minimum absolute atomic E-state index is 0.423. The number of rotatable bonds is 4. The molecule has 4 aromatic rings. The third-order valence-electron chi connectivity index (χ3n) is 4.52. The molecule has 2 aromatic heterocycles. The molecule has 1 atom stereocenters. The second-order valence-electron chi connectivity index (χ2n) is 6.49. The molecule has 148 valence electrons. The summed E-state index contributed by atoms with van der Waals surface area (Å²) in [6, 6.07) is 11.4. The lowest BCUT2D eigenvalue weighted by atomic mass is 10.1. The highest BCUT2D eigenvalue weighted by atomic mass is 32.2. The molecule has 0 radical (unpaired) electrons. The monoisotopic (exact) mass is 416 g/mol. The van der Waals surface area contributed by atoms with Crippen LogP contribution < -0.4 is 5.32 Å². The largest absolute Gasteiger partial charge is 0.323 e. The van der Waals surface area contributed by atoms with E-state index in [-0.39, 0.29) is 0 Å². The number of thioether (sulfide) groups is 1. The number of hydrogen-bond donors (Lipinski definition) is 1. The maximum Gasteiger partial charge on any atom is 0.237 e. The normalized spacial score (nSPS) is 12.4. The second-order valence-corrected chi connectivity index (χ2v) is 7.80. The van der Waals surface area contributed by atoms with Crippen molar-refractivity contribution >= 4 is 39.9 Å². The number of aromatic nitrogens is 3. The lowest BCUT2D eigenvalue weighted by Crippen LogP contribution is -2.23. The summed E-state index contributed by atoms with van der Waals surface area (Å²) < 4.78 is 42.1. The summed E-state index contributed by atoms with van der Waals surface area (Å²) in [5.41, 5.74) is 2.17. The van der Waals surface area contributed by atoms with Crippen molar-refractivity contribution in [3.05, 3.63) is 65.5 Å². The molecule has 0 spiro atoms. The molecule has 9 heteroatoms. The molecule has 0 aliphatic carbocycles. The van der Waals surface area contributed by atoms with Crippen LogP contribution in [0.5, 0.6) is 0 Å². The number of carbonyl (C=O) groups is 1. The fourth-order valence-electron chi connectivity index (χ4n) is 3.02. The molecule has 29 heavy (non-hydrogen) atoms. The Kier molecular flexibility index (Phi) is 4.91. The summed E-state index contributed by atoms with van der Waals surface area (Å²) in [4.78, 5) is 12.5. The molecular weight excluding hydrogens is 401 g/mol. The highest BCUT2D eigenvalue weighted by Gasteiger charge is 2.22. The van der Waals surface area contributed by atoms with E-state index < -0.39 is 34.3 Å². The van der Waals surface area contributed by atoms with Gasteiger partial charge in [-0.2, -0.15) is 0 Å². The number of fused-ring (bicyclic) bond motifs is 3. The van der Waals surface area contributed by atoms with Crippen molar-refractivity contribution in [2.75, 3.05) is 5.32 Å². The SMILES string of the molecule is Cc1cc2nnc(SC(C)C(=O)Nc3ccc(F)c(F)c3F)n2c2ccccc12. The van der Waals surface area contributed by atoms with Crippen molar-refractivity contribution in [3.63, 3.8) is 0 Å². The highest BCUT2D eigenvalue weighted by Crippen LogP contribution is 2.29. The summed E-state index contributed by atoms with van der Waals surface area (Å²) in [6.45, 7) is 3.59. The van der Waals surface area contributed by atoms with Gasteiger partial charge >= 0.3 is 0 Å². The lowest BCUT2D eigenvalue weighted by molar-refractivity contribution is -0.115. The average molecular weight is 416 g/mol. The predicted molar refractivity (Wildman–Crippen MR) is 105 cm³/mol. The van der Waals surface area contributed by atoms with Gasteiger partial charge < -0.3 is 5.32 Å². The molecule has 0 saturated carbocycles. The third-order valence-corrected chi connectivity index (χ3v) is 5.56. The molecule has 1 N–H and O–H groups in total. The van der Waals surface area contributed by atoms with Gasteiger partial charge in [-0.3, -0.25) is 9.20 Å². The van der Waals surface area contributed by atoms with E-state index in [1.165, 1.54) is 0 Å². The number of carbonyl (C=O) groups excluding carboxylic acids is 1. The van der Waals surface area contributed by atoms with E-state index in [9.17, 15) is 18.0 Å². The zero-order valence-corrected chi connectivity index (χ0v) is 16.2. The third kappa shape index (κ3) is 3.42. The smallest absolute Gasteiger partial charge is 0.237 e. The van der Waals surface area contributed by atoms with Crippen LogP contribution in [0.3, 0.4) is 0 Å². The fourth-order valence-corrected chi connectivity index (χ4v) is 3.89. The van der Waals surface area contributed by atoms with Crippen molar-refractivity contribution < 1.29 is 18.0 Å². The minimum Gasteiger partial charge on any atom is -0.323 e. The molecule has 4 rings (SSSR count). The van der Waals surface area contributed by atoms with E-state index in [2.05, 4.69) is 15.5 Å². The van der Waals surface area contributed by atoms with E-state index in [4.69, 9.17) is 0 Å². The molecule has 0 aliphatic heterocycles. The maximum absolute atomic E-state index is 13.8. The first kappa shape index (κ1) is 19.3. The van der Waals surface area contributed by atoms with Gasteiger partial charge in [-0.1, -0.05) is 30.0 Å². The Bertz CT molecular complexity index is 1260. The topological polar surface area (TPSA) is 59.3 Å². The number of hydrogen-bond acceptors (Lipinski definition) is 4. The standard InChI is InChI=1S/C20H15F3N4OS/c1-10-9-16-25-26-20(27(16)15-6-4-3-5-12(10)15)29-11(2)19(28)24-14-8-7-13(21)17(22)18(14)23/h3-9,11H,1-2H3,(H,24,28). The van der Waals surface area contributed by atoms with Gasteiger partial charge in [-0.05, 0) is 43.7 Å². The van der Waals surface area contributed by atoms with Crippen molar-refractivity contribution in [1.29, 1.82) is 0 Å². The van der Waals surface area contributed by atoms with Crippen LogP contribution >= 0.6 is 11.8 Å². The quantitative estimate of drug-likeness (QED) is 0.386. The first-order chi connectivity index (χ1) is 13.9. The molecule has 0 saturated heterocycles. The van der Waals surface area contributed by atoms with Gasteiger partial charge in [0, 0.05) is 5.39 Å². The van der Waals surface area contributed by atoms with Crippen LogP contribution in [0.1, 0.15) is 12.5 Å². The first-order valence-electron chi connectivity index (χ1n) is 8.71. The Morgan fingerprint density at radius 1 is 1.10 bits per heavy atom. The van der Waals surface area contributed by atoms with Gasteiger partial charge in [0.15, 0.2) is 28.3 Å². The fraction of sp³-hybridized carbons (Fsp3) is 0.150. The summed E-state index contributed by atoms with van der Waals surface area (Å²) in [7, 11) is 0. The van der Waals surface area contributed by atoms with Crippen LogP contribution in [-0.2, 0) is 4.79 Å². The molecule has 1 amide bonds. The number of aryl methyl sites for hydroxylation is 1. The molecule has 0 bridgehead atoms. The zero-order valence-electron chi connectivity index (χ0n) is 15.4. The molecule has 5 nitrogen and oxygen atoms in total. The van der Waals surface area contributed by atoms with Crippen LogP contribution in [0.4, 0.5) is 18.9 Å². The summed E-state index contributed by atoms with van der Waals surface area (Å²) in [5, 5.41) is 11.4. The Morgan fingerprint density at radius 3 is 2.66 bits per heavy atom. The lowest BCUT2D eigenvalue weighted by Gasteiger charge is -2.13. The zero-order chi connectivity index (χ0) is 20.7. The first-order valence-corrected chi connectivity index (χ1v) is 9.59. The number of pyridine rings is 1. The molecule has 2 heterocycles. The molecular formula is C20H15F3N4OS. The van der Waals surface area contributed by atoms with Crippen LogP contribution in [0.2, 0.25) is 0 Å². The van der Waals surface area contributed by atoms with E-state index in [0.29, 0.717) is 10.8 Å². The summed E-state index contributed by atoms with van der Waals surface area (Å²) in [6.07, 6.45) is 0. The van der Waals surface area contributed by atoms with Crippen LogP contribution in [0, 0.1) is 24.4 Å². The van der Waals surface area contributed by atoms with Crippen molar-refractivity contribution in [2.24, 2.45) is 0 Å². The van der Waals surface area contributed by atoms with Crippen molar-refractivity contribution in [1.82, 2.24) is 14.6 Å². The van der Waals surface area contributed by atoms with E-state index in [0.717, 1.165) is 40.4 Å². The van der Waals surface area contributed by atoms with E-state index in [1.807, 2.05) is 41.7 Å². The Labute approximate surface area is 167 Å². The van der Waals surface area contributed by atoms with Crippen LogP contribution in [0.25, 0.3) is 16.6 Å². The van der Waals surface area contributed by atoms with Crippen molar-refractivity contribution in [2.45, 2.75) is 24.3 Å². The molecule has 2 aromatic carbocycles. The van der Waals surface area contributed by atoms with Gasteiger partial charge in [0.2, 0.25) is 5.91 Å². The summed E-state index contributed by atoms with van der Waals surface area (Å²) in [5.74, 6) is -4.97. The Balaban J connectivity index is 1.63. The van der Waals surface area contributed by atoms with Crippen molar-refractivity contribution in [3.8, 4) is 0 Å². The Morgan fingerprint density at radius 2 is 1.86 bits per heavy atom. The molecule has 1 unspecified atom stereocenters. The number of nitrogens with zero attached hydrogens (tertiary/aromatic N) is 3. The highest BCUT2D eigenvalue weighted by molar-refractivity contribution is 8.00. The van der Waals surface area contributed by atoms with Gasteiger partial charge in [0.05, 0.1) is 16.5 Å². The molecule has 0 aliphatic rings. The number of nitrogens with one attached hydrogen (secondary N) is 1. The number of para-hydroxylation sites is 1. The van der Waals surface area contributed by atoms with Gasteiger partial charge in [0.1, 0.15) is 0 Å².